The summed E-state index contributed by atoms with van der Waals surface area (Å²) < 4.78 is 0. The van der Waals surface area contributed by atoms with Crippen molar-refractivity contribution < 1.29 is 15.0 Å². The number of rotatable bonds is 3. The van der Waals surface area contributed by atoms with Crippen LogP contribution in [-0.2, 0) is 4.79 Å². The first-order valence-corrected chi connectivity index (χ1v) is 2.35. The lowest BCUT2D eigenvalue weighted by Crippen LogP contribution is -2.30. The Bertz CT molecular complexity index is 132. The van der Waals surface area contributed by atoms with Crippen molar-refractivity contribution in [3.8, 4) is 0 Å². The summed E-state index contributed by atoms with van der Waals surface area (Å²) in [5.41, 5.74) is 4.67. The average Bonchev–Trinajstić information content (AvgIpc) is 1.84. The molecule has 0 saturated carbocycles. The monoisotopic (exact) mass is 131 g/mol. The Labute approximate surface area is 52.6 Å². The first kappa shape index (κ1) is 8.13. The van der Waals surface area contributed by atoms with Gasteiger partial charge in [-0.15, -0.1) is 0 Å². The molecule has 4 heteroatoms. The maximum absolute atomic E-state index is 10.1. The highest BCUT2D eigenvalue weighted by atomic mass is 16.3. The van der Waals surface area contributed by atoms with Gasteiger partial charge in [0.15, 0.2) is 6.10 Å². The molecule has 0 fully saturated rings. The van der Waals surface area contributed by atoms with Crippen LogP contribution < -0.4 is 5.73 Å². The summed E-state index contributed by atoms with van der Waals surface area (Å²) in [7, 11) is 0. The summed E-state index contributed by atoms with van der Waals surface area (Å²) >= 11 is 0. The van der Waals surface area contributed by atoms with Gasteiger partial charge in [-0.3, -0.25) is 4.79 Å². The second-order valence-electron chi connectivity index (χ2n) is 1.62. The lowest BCUT2D eigenvalue weighted by molar-refractivity contribution is -0.124. The summed E-state index contributed by atoms with van der Waals surface area (Å²) in [6, 6.07) is 0. The lowest BCUT2D eigenvalue weighted by atomic mass is 10.2. The van der Waals surface area contributed by atoms with Crippen LogP contribution in [0.4, 0.5) is 0 Å². The molecule has 0 saturated heterocycles. The highest BCUT2D eigenvalue weighted by molar-refractivity contribution is 5.81. The van der Waals surface area contributed by atoms with Crippen molar-refractivity contribution in [2.24, 2.45) is 5.73 Å². The predicted molar refractivity (Wildman–Crippen MR) is 31.4 cm³/mol. The summed E-state index contributed by atoms with van der Waals surface area (Å²) in [6.07, 6.45) is -1.42. The predicted octanol–water partition coefficient (Wildman–Crippen LogP) is -1.62. The van der Waals surface area contributed by atoms with E-state index >= 15 is 0 Å². The van der Waals surface area contributed by atoms with Crippen molar-refractivity contribution in [3.05, 3.63) is 12.2 Å². The maximum Gasteiger partial charge on any atom is 0.250 e. The molecule has 0 aromatic heterocycles. The number of primary amides is 1. The molecule has 52 valence electrons. The molecule has 0 radical (unpaired) electrons. The third-order valence-electron chi connectivity index (χ3n) is 0.859. The molecule has 1 amide bonds. The van der Waals surface area contributed by atoms with Gasteiger partial charge in [-0.1, -0.05) is 6.58 Å². The minimum absolute atomic E-state index is 0.0162. The summed E-state index contributed by atoms with van der Waals surface area (Å²) in [5, 5.41) is 16.9. The molecule has 9 heavy (non-hydrogen) atoms. The van der Waals surface area contributed by atoms with E-state index in [1.807, 2.05) is 0 Å². The molecular formula is C5H9NO3. The van der Waals surface area contributed by atoms with E-state index in [1.54, 1.807) is 0 Å². The zero-order chi connectivity index (χ0) is 7.44. The van der Waals surface area contributed by atoms with Crippen molar-refractivity contribution in [1.29, 1.82) is 0 Å². The van der Waals surface area contributed by atoms with Crippen molar-refractivity contribution in [3.63, 3.8) is 0 Å². The Morgan fingerprint density at radius 3 is 2.33 bits per heavy atom. The van der Waals surface area contributed by atoms with Crippen LogP contribution >= 0.6 is 0 Å². The topological polar surface area (TPSA) is 83.6 Å². The normalized spacial score (nSPS) is 12.7. The Hall–Kier alpha value is -0.870. The molecular weight excluding hydrogens is 122 g/mol. The standard InChI is InChI=1S/C5H9NO3/c1-3(2-7)4(8)5(6)9/h4,7-8H,1-2H2,(H2,6,9). The Kier molecular flexibility index (Phi) is 2.90. The van der Waals surface area contributed by atoms with E-state index in [0.29, 0.717) is 0 Å². The maximum atomic E-state index is 10.1. The van der Waals surface area contributed by atoms with Crippen LogP contribution in [0.3, 0.4) is 0 Å². The van der Waals surface area contributed by atoms with Crippen molar-refractivity contribution >= 4 is 5.91 Å². The van der Waals surface area contributed by atoms with Crippen molar-refractivity contribution in [2.75, 3.05) is 6.61 Å². The third-order valence-corrected chi connectivity index (χ3v) is 0.859. The molecule has 0 heterocycles. The molecule has 0 rings (SSSR count). The number of amides is 1. The average molecular weight is 131 g/mol. The van der Waals surface area contributed by atoms with Gasteiger partial charge in [0.1, 0.15) is 0 Å². The highest BCUT2D eigenvalue weighted by Crippen LogP contribution is 1.95. The molecule has 0 spiro atoms. The molecule has 0 aliphatic carbocycles. The number of nitrogens with two attached hydrogens (primary N) is 1. The van der Waals surface area contributed by atoms with Gasteiger partial charge in [0.25, 0.3) is 5.91 Å². The fourth-order valence-corrected chi connectivity index (χ4v) is 0.288. The minimum Gasteiger partial charge on any atom is -0.392 e. The largest absolute Gasteiger partial charge is 0.392 e. The van der Waals surface area contributed by atoms with Gasteiger partial charge in [0.05, 0.1) is 6.61 Å². The van der Waals surface area contributed by atoms with E-state index in [9.17, 15) is 4.79 Å². The van der Waals surface area contributed by atoms with Gasteiger partial charge in [0, 0.05) is 0 Å². The van der Waals surface area contributed by atoms with Gasteiger partial charge in [-0.2, -0.15) is 0 Å². The number of carbonyl (C=O) groups excluding carboxylic acids is 1. The summed E-state index contributed by atoms with van der Waals surface area (Å²) in [5.74, 6) is -0.894. The summed E-state index contributed by atoms with van der Waals surface area (Å²) in [6.45, 7) is 2.77. The molecule has 0 bridgehead atoms. The van der Waals surface area contributed by atoms with Crippen LogP contribution in [0.15, 0.2) is 12.2 Å². The van der Waals surface area contributed by atoms with Crippen LogP contribution in [0.2, 0.25) is 0 Å². The van der Waals surface area contributed by atoms with Gasteiger partial charge >= 0.3 is 0 Å². The molecule has 0 aliphatic rings. The van der Waals surface area contributed by atoms with Crippen LogP contribution in [-0.4, -0.2) is 28.8 Å². The third kappa shape index (κ3) is 2.25. The molecule has 4 nitrogen and oxygen atoms in total. The highest BCUT2D eigenvalue weighted by Gasteiger charge is 2.12. The van der Waals surface area contributed by atoms with Crippen LogP contribution in [0.1, 0.15) is 0 Å². The Balaban J connectivity index is 3.88. The van der Waals surface area contributed by atoms with E-state index in [2.05, 4.69) is 12.3 Å². The van der Waals surface area contributed by atoms with Crippen LogP contribution in [0.25, 0.3) is 0 Å². The Morgan fingerprint density at radius 2 is 2.22 bits per heavy atom. The Morgan fingerprint density at radius 1 is 1.78 bits per heavy atom. The van der Waals surface area contributed by atoms with Gasteiger partial charge < -0.3 is 15.9 Å². The van der Waals surface area contributed by atoms with Crippen LogP contribution in [0.5, 0.6) is 0 Å². The quantitative estimate of drug-likeness (QED) is 0.402. The molecule has 0 aromatic carbocycles. The lowest BCUT2D eigenvalue weighted by Gasteiger charge is -2.05. The van der Waals surface area contributed by atoms with Crippen LogP contribution in [0, 0.1) is 0 Å². The fraction of sp³-hybridized carbons (Fsp3) is 0.400. The van der Waals surface area contributed by atoms with E-state index in [1.165, 1.54) is 0 Å². The molecule has 4 N–H and O–H groups in total. The number of aliphatic hydroxyl groups is 2. The molecule has 1 atom stereocenters. The van der Waals surface area contributed by atoms with Gasteiger partial charge in [-0.05, 0) is 5.57 Å². The molecule has 1 unspecified atom stereocenters. The summed E-state index contributed by atoms with van der Waals surface area (Å²) in [4.78, 5) is 10.1. The van der Waals surface area contributed by atoms with E-state index < -0.39 is 18.6 Å². The van der Waals surface area contributed by atoms with E-state index in [4.69, 9.17) is 10.2 Å². The molecule has 0 aromatic rings. The zero-order valence-electron chi connectivity index (χ0n) is 4.87. The number of hydrogen-bond acceptors (Lipinski definition) is 3. The van der Waals surface area contributed by atoms with Crippen molar-refractivity contribution in [2.45, 2.75) is 6.10 Å². The smallest absolute Gasteiger partial charge is 0.250 e. The fourth-order valence-electron chi connectivity index (χ4n) is 0.288. The van der Waals surface area contributed by atoms with Gasteiger partial charge in [0.2, 0.25) is 0 Å². The number of aliphatic hydroxyl groups excluding tert-OH is 2. The second kappa shape index (κ2) is 3.21. The second-order valence-corrected chi connectivity index (χ2v) is 1.62. The van der Waals surface area contributed by atoms with E-state index in [-0.39, 0.29) is 5.57 Å². The first-order valence-electron chi connectivity index (χ1n) is 2.35. The molecule has 0 aliphatic heterocycles. The van der Waals surface area contributed by atoms with Crippen molar-refractivity contribution in [1.82, 2.24) is 0 Å². The SMILES string of the molecule is C=C(CO)C(O)C(N)=O. The van der Waals surface area contributed by atoms with Gasteiger partial charge in [-0.25, -0.2) is 0 Å². The number of hydrogen-bond donors (Lipinski definition) is 3. The zero-order valence-corrected chi connectivity index (χ0v) is 4.87. The first-order chi connectivity index (χ1) is 4.09. The minimum atomic E-state index is -1.42. The van der Waals surface area contributed by atoms with E-state index in [0.717, 1.165) is 0 Å². The number of carbonyl (C=O) groups is 1.